The molecular weight excluding hydrogens is 411 g/mol. The van der Waals surface area contributed by atoms with Crippen LogP contribution < -0.4 is 10.2 Å². The second-order valence-corrected chi connectivity index (χ2v) is 7.48. The van der Waals surface area contributed by atoms with Crippen molar-refractivity contribution < 1.29 is 9.18 Å². The lowest BCUT2D eigenvalue weighted by molar-refractivity contribution is 0.0940. The van der Waals surface area contributed by atoms with Gasteiger partial charge in [0.25, 0.3) is 5.91 Å². The first kappa shape index (κ1) is 17.7. The molecule has 1 atom stereocenters. The number of anilines is 1. The van der Waals surface area contributed by atoms with Gasteiger partial charge in [-0.3, -0.25) is 9.89 Å². The third kappa shape index (κ3) is 4.03. The number of nitrogens with one attached hydrogen (secondary N) is 2. The number of halogens is 2. The molecule has 5 nitrogen and oxygen atoms in total. The van der Waals surface area contributed by atoms with Gasteiger partial charge in [-0.05, 0) is 54.4 Å². The zero-order valence-corrected chi connectivity index (χ0v) is 16.0. The average molecular weight is 429 g/mol. The Morgan fingerprint density at radius 3 is 2.81 bits per heavy atom. The number of nitrogens with zero attached hydrogens (tertiary/aromatic N) is 2. The molecule has 1 aromatic heterocycles. The molecule has 0 unspecified atom stereocenters. The number of carbonyl (C=O) groups is 1. The molecule has 4 rings (SSSR count). The maximum absolute atomic E-state index is 13.1. The first-order valence-electron chi connectivity index (χ1n) is 8.71. The van der Waals surface area contributed by atoms with Crippen LogP contribution in [0.3, 0.4) is 0 Å². The third-order valence-electron chi connectivity index (χ3n) is 4.65. The first-order chi connectivity index (χ1) is 13.1. The summed E-state index contributed by atoms with van der Waals surface area (Å²) in [5.41, 5.74) is 2.36. The van der Waals surface area contributed by atoms with Gasteiger partial charge < -0.3 is 10.2 Å². The predicted octanol–water partition coefficient (Wildman–Crippen LogP) is 3.99. The standard InChI is InChI=1S/C20H18BrFN4O/c21-15-3-1-2-14(10-15)20(27)23-17-8-9-26(12-17)19-11-18(24-25-19)13-4-6-16(22)7-5-13/h1-7,10-11,17H,8-9,12H2,(H,23,27)(H,24,25)/t17-/m1/s1. The van der Waals surface area contributed by atoms with Gasteiger partial charge in [0, 0.05) is 35.2 Å². The van der Waals surface area contributed by atoms with Crippen molar-refractivity contribution >= 4 is 27.7 Å². The highest BCUT2D eigenvalue weighted by molar-refractivity contribution is 9.10. The molecule has 27 heavy (non-hydrogen) atoms. The second-order valence-electron chi connectivity index (χ2n) is 6.56. The Hall–Kier alpha value is -2.67. The van der Waals surface area contributed by atoms with E-state index in [1.807, 2.05) is 24.3 Å². The van der Waals surface area contributed by atoms with Gasteiger partial charge in [-0.1, -0.05) is 22.0 Å². The summed E-state index contributed by atoms with van der Waals surface area (Å²) in [7, 11) is 0. The zero-order chi connectivity index (χ0) is 18.8. The maximum Gasteiger partial charge on any atom is 0.251 e. The number of H-pyrrole nitrogens is 1. The molecule has 0 radical (unpaired) electrons. The number of hydrogen-bond donors (Lipinski definition) is 2. The van der Waals surface area contributed by atoms with Crippen molar-refractivity contribution in [3.05, 3.63) is 70.5 Å². The minimum Gasteiger partial charge on any atom is -0.353 e. The van der Waals surface area contributed by atoms with E-state index in [1.165, 1.54) is 12.1 Å². The summed E-state index contributed by atoms with van der Waals surface area (Å²) in [6.45, 7) is 1.52. The molecule has 0 aliphatic carbocycles. The Balaban J connectivity index is 1.40. The number of carbonyl (C=O) groups excluding carboxylic acids is 1. The maximum atomic E-state index is 13.1. The fourth-order valence-electron chi connectivity index (χ4n) is 3.24. The van der Waals surface area contributed by atoms with E-state index in [2.05, 4.69) is 36.3 Å². The smallest absolute Gasteiger partial charge is 0.251 e. The van der Waals surface area contributed by atoms with Gasteiger partial charge in [0.2, 0.25) is 0 Å². The highest BCUT2D eigenvalue weighted by Gasteiger charge is 2.26. The monoisotopic (exact) mass is 428 g/mol. The van der Waals surface area contributed by atoms with E-state index < -0.39 is 0 Å². The zero-order valence-electron chi connectivity index (χ0n) is 14.5. The number of aromatic amines is 1. The Morgan fingerprint density at radius 2 is 2.04 bits per heavy atom. The Morgan fingerprint density at radius 1 is 1.22 bits per heavy atom. The van der Waals surface area contributed by atoms with E-state index in [0.717, 1.165) is 34.5 Å². The minimum absolute atomic E-state index is 0.0717. The van der Waals surface area contributed by atoms with Gasteiger partial charge in [0.15, 0.2) is 5.82 Å². The quantitative estimate of drug-likeness (QED) is 0.660. The van der Waals surface area contributed by atoms with Gasteiger partial charge in [0.05, 0.1) is 5.69 Å². The van der Waals surface area contributed by atoms with Crippen LogP contribution in [-0.2, 0) is 0 Å². The molecule has 1 saturated heterocycles. The van der Waals surface area contributed by atoms with Gasteiger partial charge in [-0.15, -0.1) is 0 Å². The summed E-state index contributed by atoms with van der Waals surface area (Å²) in [5.74, 6) is 0.493. The average Bonchev–Trinajstić information content (AvgIpc) is 3.32. The summed E-state index contributed by atoms with van der Waals surface area (Å²) in [6.07, 6.45) is 0.860. The van der Waals surface area contributed by atoms with Gasteiger partial charge in [-0.25, -0.2) is 4.39 Å². The number of aromatic nitrogens is 2. The summed E-state index contributed by atoms with van der Waals surface area (Å²) in [5, 5.41) is 10.5. The molecule has 1 aliphatic heterocycles. The van der Waals surface area contributed by atoms with Crippen molar-refractivity contribution in [1.82, 2.24) is 15.5 Å². The van der Waals surface area contributed by atoms with Crippen LogP contribution in [0, 0.1) is 5.82 Å². The summed E-state index contributed by atoms with van der Waals surface area (Å²) < 4.78 is 14.0. The fourth-order valence-corrected chi connectivity index (χ4v) is 3.63. The van der Waals surface area contributed by atoms with Crippen LogP contribution in [0.2, 0.25) is 0 Å². The van der Waals surface area contributed by atoms with Crippen molar-refractivity contribution in [3.8, 4) is 11.3 Å². The SMILES string of the molecule is O=C(N[C@@H]1CCN(c2cc(-c3ccc(F)cc3)[nH]n2)C1)c1cccc(Br)c1. The van der Waals surface area contributed by atoms with Gasteiger partial charge in [0.1, 0.15) is 5.82 Å². The van der Waals surface area contributed by atoms with Crippen LogP contribution in [-0.4, -0.2) is 35.2 Å². The van der Waals surface area contributed by atoms with Crippen molar-refractivity contribution in [1.29, 1.82) is 0 Å². The molecule has 3 aromatic rings. The van der Waals surface area contributed by atoms with E-state index in [4.69, 9.17) is 0 Å². The van der Waals surface area contributed by atoms with E-state index >= 15 is 0 Å². The van der Waals surface area contributed by atoms with Crippen molar-refractivity contribution in [2.45, 2.75) is 12.5 Å². The molecule has 0 bridgehead atoms. The molecule has 2 heterocycles. The molecule has 7 heteroatoms. The van der Waals surface area contributed by atoms with E-state index in [-0.39, 0.29) is 17.8 Å². The molecule has 0 saturated carbocycles. The Bertz CT molecular complexity index is 957. The molecule has 1 aliphatic rings. The number of rotatable bonds is 4. The van der Waals surface area contributed by atoms with Crippen LogP contribution in [0.25, 0.3) is 11.3 Å². The molecule has 1 amide bonds. The van der Waals surface area contributed by atoms with Crippen molar-refractivity contribution in [2.24, 2.45) is 0 Å². The van der Waals surface area contributed by atoms with Crippen LogP contribution in [0.5, 0.6) is 0 Å². The van der Waals surface area contributed by atoms with Crippen molar-refractivity contribution in [3.63, 3.8) is 0 Å². The lowest BCUT2D eigenvalue weighted by Crippen LogP contribution is -2.37. The van der Waals surface area contributed by atoms with Gasteiger partial charge >= 0.3 is 0 Å². The summed E-state index contributed by atoms with van der Waals surface area (Å²) in [4.78, 5) is 14.5. The van der Waals surface area contributed by atoms with Crippen LogP contribution in [0.1, 0.15) is 16.8 Å². The van der Waals surface area contributed by atoms with Crippen LogP contribution in [0.4, 0.5) is 10.2 Å². The molecule has 2 aromatic carbocycles. The second kappa shape index (κ2) is 7.52. The molecule has 1 fully saturated rings. The molecule has 138 valence electrons. The minimum atomic E-state index is -0.262. The number of hydrogen-bond acceptors (Lipinski definition) is 3. The Kier molecular flexibility index (Phi) is 4.94. The largest absolute Gasteiger partial charge is 0.353 e. The molecule has 2 N–H and O–H groups in total. The summed E-state index contributed by atoms with van der Waals surface area (Å²) in [6, 6.07) is 15.7. The van der Waals surface area contributed by atoms with E-state index in [0.29, 0.717) is 12.1 Å². The Labute approximate surface area is 164 Å². The topological polar surface area (TPSA) is 61.0 Å². The number of amides is 1. The fraction of sp³-hybridized carbons (Fsp3) is 0.200. The normalized spacial score (nSPS) is 16.5. The highest BCUT2D eigenvalue weighted by Crippen LogP contribution is 2.25. The van der Waals surface area contributed by atoms with Crippen LogP contribution in [0.15, 0.2) is 59.1 Å². The predicted molar refractivity (Wildman–Crippen MR) is 106 cm³/mol. The first-order valence-corrected chi connectivity index (χ1v) is 9.50. The van der Waals surface area contributed by atoms with Crippen molar-refractivity contribution in [2.75, 3.05) is 18.0 Å². The van der Waals surface area contributed by atoms with Gasteiger partial charge in [-0.2, -0.15) is 5.10 Å². The van der Waals surface area contributed by atoms with Crippen LogP contribution >= 0.6 is 15.9 Å². The molecule has 0 spiro atoms. The lowest BCUT2D eigenvalue weighted by atomic mass is 10.1. The summed E-state index contributed by atoms with van der Waals surface area (Å²) >= 11 is 3.39. The number of benzene rings is 2. The van der Waals surface area contributed by atoms with E-state index in [9.17, 15) is 9.18 Å². The molecular formula is C20H18BrFN4O. The lowest BCUT2D eigenvalue weighted by Gasteiger charge is -2.16. The highest BCUT2D eigenvalue weighted by atomic mass is 79.9. The third-order valence-corrected chi connectivity index (χ3v) is 5.15. The van der Waals surface area contributed by atoms with E-state index in [1.54, 1.807) is 18.2 Å².